The maximum absolute atomic E-state index is 11.6. The van der Waals surface area contributed by atoms with Crippen LogP contribution in [0.25, 0.3) is 0 Å². The molecule has 0 fully saturated rings. The fourth-order valence-corrected chi connectivity index (χ4v) is 1.11. The lowest BCUT2D eigenvalue weighted by atomic mass is 10.2. The molecule has 0 heterocycles. The smallest absolute Gasteiger partial charge is 0.340 e. The Morgan fingerprint density at radius 1 is 1.44 bits per heavy atom. The van der Waals surface area contributed by atoms with Crippen LogP contribution < -0.4 is 0 Å². The molecular weight excluding hydrogens is 206 g/mol. The molecule has 0 atom stereocenters. The number of ether oxygens (including phenoxy) is 1. The molecule has 0 radical (unpaired) electrons. The van der Waals surface area contributed by atoms with E-state index >= 15 is 0 Å². The van der Waals surface area contributed by atoms with E-state index in [9.17, 15) is 9.59 Å². The quantitative estimate of drug-likeness (QED) is 0.444. The second-order valence-electron chi connectivity index (χ2n) is 3.71. The molecule has 0 saturated carbocycles. The Morgan fingerprint density at radius 3 is 2.75 bits per heavy atom. The standard InChI is InChI=1S/C12H13NO3/c1-9(2)7-16-12(15)10-5-3-4-6-11(10)13-8-14/h3-6,9H,7H2,1-2H3. The minimum atomic E-state index is -0.469. The van der Waals surface area contributed by atoms with Crippen molar-refractivity contribution in [1.29, 1.82) is 0 Å². The van der Waals surface area contributed by atoms with Crippen LogP contribution in [-0.2, 0) is 9.53 Å². The van der Waals surface area contributed by atoms with Crippen LogP contribution in [0.2, 0.25) is 0 Å². The van der Waals surface area contributed by atoms with Gasteiger partial charge in [0, 0.05) is 0 Å². The Kier molecular flexibility index (Phi) is 4.42. The highest BCUT2D eigenvalue weighted by atomic mass is 16.5. The van der Waals surface area contributed by atoms with Gasteiger partial charge in [-0.25, -0.2) is 9.59 Å². The van der Waals surface area contributed by atoms with Crippen LogP contribution in [0.15, 0.2) is 29.3 Å². The first-order valence-corrected chi connectivity index (χ1v) is 4.99. The van der Waals surface area contributed by atoms with Crippen molar-refractivity contribution in [2.75, 3.05) is 6.61 Å². The van der Waals surface area contributed by atoms with Crippen molar-refractivity contribution >= 4 is 17.7 Å². The minimum Gasteiger partial charge on any atom is -0.462 e. The van der Waals surface area contributed by atoms with Gasteiger partial charge >= 0.3 is 5.97 Å². The second-order valence-corrected chi connectivity index (χ2v) is 3.71. The summed E-state index contributed by atoms with van der Waals surface area (Å²) in [7, 11) is 0. The van der Waals surface area contributed by atoms with Gasteiger partial charge in [0.05, 0.1) is 17.9 Å². The molecule has 0 aliphatic carbocycles. The fourth-order valence-electron chi connectivity index (χ4n) is 1.11. The van der Waals surface area contributed by atoms with Gasteiger partial charge in [-0.3, -0.25) is 0 Å². The lowest BCUT2D eigenvalue weighted by Crippen LogP contribution is -2.10. The number of carbonyl (C=O) groups is 1. The number of carbonyl (C=O) groups excluding carboxylic acids is 2. The SMILES string of the molecule is CC(C)COC(=O)c1ccccc1N=C=O. The van der Waals surface area contributed by atoms with E-state index in [2.05, 4.69) is 4.99 Å². The number of para-hydroxylation sites is 1. The van der Waals surface area contributed by atoms with E-state index in [1.54, 1.807) is 24.3 Å². The summed E-state index contributed by atoms with van der Waals surface area (Å²) < 4.78 is 5.05. The summed E-state index contributed by atoms with van der Waals surface area (Å²) in [5.41, 5.74) is 0.567. The molecule has 0 saturated heterocycles. The van der Waals surface area contributed by atoms with Crippen LogP contribution in [0, 0.1) is 5.92 Å². The number of rotatable bonds is 4. The van der Waals surface area contributed by atoms with Gasteiger partial charge in [-0.2, -0.15) is 4.99 Å². The molecule has 0 aliphatic rings. The molecule has 84 valence electrons. The van der Waals surface area contributed by atoms with E-state index < -0.39 is 5.97 Å². The molecule has 0 aliphatic heterocycles. The van der Waals surface area contributed by atoms with Gasteiger partial charge in [-0.1, -0.05) is 26.0 Å². The highest BCUT2D eigenvalue weighted by Crippen LogP contribution is 2.19. The van der Waals surface area contributed by atoms with Gasteiger partial charge in [-0.15, -0.1) is 0 Å². The Bertz CT molecular complexity index is 420. The summed E-state index contributed by atoms with van der Waals surface area (Å²) in [5, 5.41) is 0. The monoisotopic (exact) mass is 219 g/mol. The van der Waals surface area contributed by atoms with E-state index in [1.165, 1.54) is 6.08 Å². The molecule has 1 aromatic carbocycles. The molecule has 4 nitrogen and oxygen atoms in total. The molecule has 0 amide bonds. The highest BCUT2D eigenvalue weighted by Gasteiger charge is 2.12. The molecular formula is C12H13NO3. The Morgan fingerprint density at radius 2 is 2.12 bits per heavy atom. The largest absolute Gasteiger partial charge is 0.462 e. The molecule has 0 aromatic heterocycles. The Balaban J connectivity index is 2.86. The number of isocyanates is 1. The van der Waals surface area contributed by atoms with Crippen LogP contribution in [0.1, 0.15) is 24.2 Å². The lowest BCUT2D eigenvalue weighted by Gasteiger charge is -2.07. The normalized spacial score (nSPS) is 9.69. The number of aliphatic imine (C=N–C) groups is 1. The zero-order valence-electron chi connectivity index (χ0n) is 9.27. The number of hydrogen-bond donors (Lipinski definition) is 0. The maximum Gasteiger partial charge on any atom is 0.340 e. The van der Waals surface area contributed by atoms with E-state index in [-0.39, 0.29) is 17.2 Å². The van der Waals surface area contributed by atoms with Crippen molar-refractivity contribution in [3.63, 3.8) is 0 Å². The van der Waals surface area contributed by atoms with Crippen molar-refractivity contribution in [3.8, 4) is 0 Å². The van der Waals surface area contributed by atoms with E-state index in [0.29, 0.717) is 6.61 Å². The molecule has 0 bridgehead atoms. The van der Waals surface area contributed by atoms with E-state index in [0.717, 1.165) is 0 Å². The van der Waals surface area contributed by atoms with Gasteiger partial charge < -0.3 is 4.74 Å². The summed E-state index contributed by atoms with van der Waals surface area (Å²) in [5.74, 6) is -0.200. The predicted octanol–water partition coefficient (Wildman–Crippen LogP) is 2.47. The van der Waals surface area contributed by atoms with Gasteiger partial charge in [0.25, 0.3) is 0 Å². The number of esters is 1. The molecule has 1 rings (SSSR count). The Hall–Kier alpha value is -1.93. The molecule has 0 spiro atoms. The van der Waals surface area contributed by atoms with Gasteiger partial charge in [-0.05, 0) is 18.1 Å². The van der Waals surface area contributed by atoms with Crippen LogP contribution in [-0.4, -0.2) is 18.7 Å². The van der Waals surface area contributed by atoms with Crippen LogP contribution in [0.5, 0.6) is 0 Å². The van der Waals surface area contributed by atoms with Gasteiger partial charge in [0.2, 0.25) is 6.08 Å². The summed E-state index contributed by atoms with van der Waals surface area (Å²) in [6.07, 6.45) is 1.41. The van der Waals surface area contributed by atoms with E-state index in [1.807, 2.05) is 13.8 Å². The third-order valence-corrected chi connectivity index (χ3v) is 1.84. The molecule has 0 unspecified atom stereocenters. The number of hydrogen-bond acceptors (Lipinski definition) is 4. The minimum absolute atomic E-state index is 0.269. The van der Waals surface area contributed by atoms with Crippen LogP contribution in [0.4, 0.5) is 5.69 Å². The van der Waals surface area contributed by atoms with Crippen LogP contribution >= 0.6 is 0 Å². The van der Waals surface area contributed by atoms with Crippen molar-refractivity contribution in [2.45, 2.75) is 13.8 Å². The number of benzene rings is 1. The van der Waals surface area contributed by atoms with Crippen LogP contribution in [0.3, 0.4) is 0 Å². The average Bonchev–Trinajstić information content (AvgIpc) is 2.27. The average molecular weight is 219 g/mol. The molecule has 0 N–H and O–H groups in total. The summed E-state index contributed by atoms with van der Waals surface area (Å²) in [6, 6.07) is 6.51. The third kappa shape index (κ3) is 3.33. The predicted molar refractivity (Wildman–Crippen MR) is 59.3 cm³/mol. The summed E-state index contributed by atoms with van der Waals surface area (Å²) in [4.78, 5) is 25.3. The second kappa shape index (κ2) is 5.83. The Labute approximate surface area is 94.0 Å². The van der Waals surface area contributed by atoms with Gasteiger partial charge in [0.1, 0.15) is 0 Å². The highest BCUT2D eigenvalue weighted by molar-refractivity contribution is 5.95. The first-order chi connectivity index (χ1) is 7.65. The first kappa shape index (κ1) is 12.1. The zero-order valence-corrected chi connectivity index (χ0v) is 9.27. The lowest BCUT2D eigenvalue weighted by molar-refractivity contribution is 0.0460. The third-order valence-electron chi connectivity index (χ3n) is 1.84. The number of nitrogens with zero attached hydrogens (tertiary/aromatic N) is 1. The topological polar surface area (TPSA) is 55.7 Å². The molecule has 1 aromatic rings. The zero-order chi connectivity index (χ0) is 12.0. The van der Waals surface area contributed by atoms with Gasteiger partial charge in [0.15, 0.2) is 0 Å². The summed E-state index contributed by atoms with van der Waals surface area (Å²) >= 11 is 0. The fraction of sp³-hybridized carbons (Fsp3) is 0.333. The van der Waals surface area contributed by atoms with Crippen molar-refractivity contribution in [1.82, 2.24) is 0 Å². The summed E-state index contributed by atoms with van der Waals surface area (Å²) in [6.45, 7) is 4.24. The maximum atomic E-state index is 11.6. The first-order valence-electron chi connectivity index (χ1n) is 4.99. The van der Waals surface area contributed by atoms with E-state index in [4.69, 9.17) is 4.74 Å². The van der Waals surface area contributed by atoms with Crippen molar-refractivity contribution in [2.24, 2.45) is 10.9 Å². The molecule has 16 heavy (non-hydrogen) atoms. The van der Waals surface area contributed by atoms with Crippen molar-refractivity contribution in [3.05, 3.63) is 29.8 Å². The molecule has 4 heteroatoms. The van der Waals surface area contributed by atoms with Crippen molar-refractivity contribution < 1.29 is 14.3 Å².